The summed E-state index contributed by atoms with van der Waals surface area (Å²) in [6, 6.07) is -0.910. The number of rotatable bonds is 60. The molecule has 0 aromatic heterocycles. The summed E-state index contributed by atoms with van der Waals surface area (Å²) < 4.78 is 23.4. The van der Waals surface area contributed by atoms with Gasteiger partial charge >= 0.3 is 0 Å². The van der Waals surface area contributed by atoms with Crippen molar-refractivity contribution in [1.29, 1.82) is 0 Å². The molecule has 3 unspecified atom stereocenters. The van der Waals surface area contributed by atoms with Gasteiger partial charge in [-0.25, -0.2) is 0 Å². The number of nitrogens with zero attached hydrogens (tertiary/aromatic N) is 1. The molecule has 78 heavy (non-hydrogen) atoms. The summed E-state index contributed by atoms with van der Waals surface area (Å²) in [4.78, 5) is 25.6. The molecule has 0 aliphatic heterocycles. The first-order chi connectivity index (χ1) is 38.0. The van der Waals surface area contributed by atoms with Crippen LogP contribution in [0.15, 0.2) is 85.1 Å². The van der Waals surface area contributed by atoms with E-state index in [1.54, 1.807) is 6.08 Å². The average molecular weight is 1110 g/mol. The minimum Gasteiger partial charge on any atom is -0.756 e. The third-order valence-electron chi connectivity index (χ3n) is 14.6. The molecule has 0 saturated carbocycles. The molecule has 0 rings (SSSR count). The first kappa shape index (κ1) is 75.7. The largest absolute Gasteiger partial charge is 0.756 e. The fourth-order valence-electron chi connectivity index (χ4n) is 9.49. The molecule has 0 bridgehead atoms. The highest BCUT2D eigenvalue weighted by Gasteiger charge is 2.23. The minimum atomic E-state index is -4.61. The van der Waals surface area contributed by atoms with Crippen molar-refractivity contribution in [2.75, 3.05) is 40.9 Å². The SMILES string of the molecule is CC/C=C\C/C=C\C/C=C\C/C=C\C/C=C\CCCCCCCCCCCCCCCC(=O)NC(COP(=O)([O-])OCC[N+](C)(C)C)C(O)/C=C/CC/C=C/CCCCCCCCCCCCCCCCCCCCCCC. The van der Waals surface area contributed by atoms with Crippen LogP contribution in [0.2, 0.25) is 0 Å². The zero-order valence-corrected chi connectivity index (χ0v) is 52.7. The van der Waals surface area contributed by atoms with Crippen LogP contribution in [0.1, 0.15) is 296 Å². The van der Waals surface area contributed by atoms with E-state index in [0.717, 1.165) is 70.6 Å². The number of allylic oxidation sites excluding steroid dienone is 13. The van der Waals surface area contributed by atoms with Crippen molar-refractivity contribution in [2.24, 2.45) is 0 Å². The van der Waals surface area contributed by atoms with Crippen molar-refractivity contribution in [1.82, 2.24) is 5.32 Å². The first-order valence-corrected chi connectivity index (χ1v) is 34.4. The van der Waals surface area contributed by atoms with Gasteiger partial charge in [-0.15, -0.1) is 0 Å². The van der Waals surface area contributed by atoms with Gasteiger partial charge in [0, 0.05) is 6.42 Å². The molecule has 0 aromatic carbocycles. The number of quaternary nitrogens is 1. The van der Waals surface area contributed by atoms with Crippen LogP contribution in [-0.4, -0.2) is 68.5 Å². The Bertz CT molecular complexity index is 1550. The molecule has 9 heteroatoms. The van der Waals surface area contributed by atoms with Crippen LogP contribution < -0.4 is 10.2 Å². The molecule has 1 amide bonds. The Labute approximate surface area is 484 Å². The monoisotopic (exact) mass is 1110 g/mol. The third-order valence-corrected chi connectivity index (χ3v) is 15.6. The normalized spacial score (nSPS) is 14.3. The summed E-state index contributed by atoms with van der Waals surface area (Å²) in [6.45, 7) is 4.54. The number of carbonyl (C=O) groups is 1. The van der Waals surface area contributed by atoms with Crippen LogP contribution in [-0.2, 0) is 18.4 Å². The second-order valence-electron chi connectivity index (χ2n) is 23.4. The third kappa shape index (κ3) is 61.3. The van der Waals surface area contributed by atoms with E-state index < -0.39 is 26.6 Å². The van der Waals surface area contributed by atoms with Crippen molar-refractivity contribution in [3.63, 3.8) is 0 Å². The number of amides is 1. The lowest BCUT2D eigenvalue weighted by Gasteiger charge is -2.29. The van der Waals surface area contributed by atoms with Gasteiger partial charge in [-0.05, 0) is 77.0 Å². The number of phosphoric acid groups is 1. The van der Waals surface area contributed by atoms with Gasteiger partial charge in [-0.2, -0.15) is 0 Å². The van der Waals surface area contributed by atoms with Crippen LogP contribution in [0.5, 0.6) is 0 Å². The molecule has 0 aromatic rings. The number of carbonyl (C=O) groups excluding carboxylic acids is 1. The van der Waals surface area contributed by atoms with Gasteiger partial charge in [-0.3, -0.25) is 9.36 Å². The number of nitrogens with one attached hydrogen (secondary N) is 1. The second kappa shape index (κ2) is 59.3. The van der Waals surface area contributed by atoms with Crippen molar-refractivity contribution < 1.29 is 32.9 Å². The number of aliphatic hydroxyl groups excluding tert-OH is 1. The fourth-order valence-corrected chi connectivity index (χ4v) is 10.2. The van der Waals surface area contributed by atoms with Crippen LogP contribution in [0.3, 0.4) is 0 Å². The summed E-state index contributed by atoms with van der Waals surface area (Å²) in [5.74, 6) is -0.208. The standard InChI is InChI=1S/C69H127N2O6P/c1-6-8-10-12-14-16-18-20-22-24-26-28-30-32-34-35-37-39-41-43-45-47-49-51-53-55-57-59-61-63-69(73)70-67(66-77-78(74,75)76-65-64-71(3,4)5)68(72)62-60-58-56-54-52-50-48-46-44-42-40-38-36-33-31-29-27-25-23-21-19-17-15-13-11-9-7-2/h8,10,14,16,20,22,26,28,32,34,52,54,60,62,67-68,72H,6-7,9,11-13,15,17-19,21,23-25,27,29-31,33,35-51,53,55-59,61,63-66H2,1-5H3,(H-,70,73,74,75)/b10-8-,16-14-,22-20-,28-26-,34-32-,54-52+,62-60+. The fraction of sp³-hybridized carbons (Fsp3) is 0.783. The van der Waals surface area contributed by atoms with Gasteiger partial charge in [0.15, 0.2) is 0 Å². The summed E-state index contributed by atoms with van der Waals surface area (Å²) in [5, 5.41) is 13.9. The number of hydrogen-bond donors (Lipinski definition) is 2. The van der Waals surface area contributed by atoms with Crippen LogP contribution in [0, 0.1) is 0 Å². The van der Waals surface area contributed by atoms with E-state index in [9.17, 15) is 19.4 Å². The topological polar surface area (TPSA) is 108 Å². The lowest BCUT2D eigenvalue weighted by molar-refractivity contribution is -0.870. The summed E-state index contributed by atoms with van der Waals surface area (Å²) in [7, 11) is 1.24. The Balaban J connectivity index is 4.17. The Morgan fingerprint density at radius 3 is 1.19 bits per heavy atom. The minimum absolute atomic E-state index is 0.00913. The van der Waals surface area contributed by atoms with Gasteiger partial charge in [-0.1, -0.05) is 298 Å². The zero-order chi connectivity index (χ0) is 57.0. The Morgan fingerprint density at radius 1 is 0.462 bits per heavy atom. The maximum absolute atomic E-state index is 13.0. The molecule has 0 aliphatic carbocycles. The lowest BCUT2D eigenvalue weighted by atomic mass is 10.0. The van der Waals surface area contributed by atoms with E-state index in [4.69, 9.17) is 9.05 Å². The number of hydrogen-bond acceptors (Lipinski definition) is 6. The molecule has 0 saturated heterocycles. The van der Waals surface area contributed by atoms with Crippen LogP contribution >= 0.6 is 7.82 Å². The van der Waals surface area contributed by atoms with E-state index >= 15 is 0 Å². The Hall–Kier alpha value is -2.32. The van der Waals surface area contributed by atoms with Crippen molar-refractivity contribution in [2.45, 2.75) is 309 Å². The molecule has 454 valence electrons. The van der Waals surface area contributed by atoms with E-state index in [-0.39, 0.29) is 12.5 Å². The van der Waals surface area contributed by atoms with Crippen molar-refractivity contribution in [3.05, 3.63) is 85.1 Å². The van der Waals surface area contributed by atoms with Crippen molar-refractivity contribution >= 4 is 13.7 Å². The summed E-state index contributed by atoms with van der Waals surface area (Å²) in [6.07, 6.45) is 84.0. The van der Waals surface area contributed by atoms with E-state index in [1.807, 2.05) is 27.2 Å². The summed E-state index contributed by atoms with van der Waals surface area (Å²) >= 11 is 0. The lowest BCUT2D eigenvalue weighted by Crippen LogP contribution is -2.45. The Kier molecular flexibility index (Phi) is 57.5. The highest BCUT2D eigenvalue weighted by atomic mass is 31.2. The highest BCUT2D eigenvalue weighted by molar-refractivity contribution is 7.45. The Morgan fingerprint density at radius 2 is 0.795 bits per heavy atom. The van der Waals surface area contributed by atoms with E-state index in [2.05, 4.69) is 92.1 Å². The molecule has 3 atom stereocenters. The molecule has 0 fully saturated rings. The number of aliphatic hydroxyl groups is 1. The molecule has 0 aliphatic rings. The van der Waals surface area contributed by atoms with Gasteiger partial charge in [0.05, 0.1) is 39.9 Å². The van der Waals surface area contributed by atoms with Gasteiger partial charge < -0.3 is 28.8 Å². The maximum atomic E-state index is 13.0. The number of phosphoric ester groups is 1. The molecule has 8 nitrogen and oxygen atoms in total. The average Bonchev–Trinajstić information content (AvgIpc) is 3.41. The van der Waals surface area contributed by atoms with Crippen LogP contribution in [0.4, 0.5) is 0 Å². The maximum Gasteiger partial charge on any atom is 0.268 e. The smallest absolute Gasteiger partial charge is 0.268 e. The molecular weight excluding hydrogens is 984 g/mol. The highest BCUT2D eigenvalue weighted by Crippen LogP contribution is 2.38. The zero-order valence-electron chi connectivity index (χ0n) is 51.9. The molecular formula is C69H127N2O6P. The van der Waals surface area contributed by atoms with Crippen LogP contribution in [0.25, 0.3) is 0 Å². The summed E-state index contributed by atoms with van der Waals surface area (Å²) in [5.41, 5.74) is 0. The number of likely N-dealkylation sites (N-methyl/N-ethyl adjacent to an activating group) is 1. The predicted molar refractivity (Wildman–Crippen MR) is 339 cm³/mol. The quantitative estimate of drug-likeness (QED) is 0.0272. The molecule has 0 heterocycles. The molecule has 2 N–H and O–H groups in total. The predicted octanol–water partition coefficient (Wildman–Crippen LogP) is 20.1. The molecule has 0 radical (unpaired) electrons. The van der Waals surface area contributed by atoms with Gasteiger partial charge in [0.25, 0.3) is 7.82 Å². The van der Waals surface area contributed by atoms with Gasteiger partial charge in [0.1, 0.15) is 13.2 Å². The second-order valence-corrected chi connectivity index (χ2v) is 24.8. The van der Waals surface area contributed by atoms with E-state index in [1.165, 1.54) is 205 Å². The van der Waals surface area contributed by atoms with E-state index in [0.29, 0.717) is 17.4 Å². The first-order valence-electron chi connectivity index (χ1n) is 32.9. The molecule has 0 spiro atoms. The number of unbranched alkanes of at least 4 members (excludes halogenated alkanes) is 35. The van der Waals surface area contributed by atoms with Crippen molar-refractivity contribution in [3.8, 4) is 0 Å². The van der Waals surface area contributed by atoms with Gasteiger partial charge in [0.2, 0.25) is 5.91 Å².